The van der Waals surface area contributed by atoms with Gasteiger partial charge in [-0.2, -0.15) is 5.26 Å². The molecule has 0 aliphatic carbocycles. The number of fused-ring (bicyclic) bond motifs is 1. The maximum absolute atomic E-state index is 9.23. The summed E-state index contributed by atoms with van der Waals surface area (Å²) in [6.45, 7) is 2.52. The van der Waals surface area contributed by atoms with Gasteiger partial charge in [0, 0.05) is 35.1 Å². The number of H-pyrrole nitrogens is 1. The standard InChI is InChI=1S/C21H18ClN7O/c1-12-16(22)6-14(3-4-25-20-18-21(27-10-26-18)29-11-28-20)19(30-2)17(12)15-5-13(7-23)8-24-9-15/h5-6,8-11H,3-4H2,1-2H3,(H2,25,26,27,28,29). The Morgan fingerprint density at radius 3 is 2.90 bits per heavy atom. The van der Waals surface area contributed by atoms with E-state index in [-0.39, 0.29) is 0 Å². The van der Waals surface area contributed by atoms with Gasteiger partial charge in [-0.25, -0.2) is 15.0 Å². The number of nitrogens with zero attached hydrogens (tertiary/aromatic N) is 5. The lowest BCUT2D eigenvalue weighted by atomic mass is 9.95. The van der Waals surface area contributed by atoms with E-state index in [9.17, 15) is 5.26 Å². The first-order chi connectivity index (χ1) is 14.6. The van der Waals surface area contributed by atoms with Gasteiger partial charge in [-0.15, -0.1) is 0 Å². The molecule has 0 fully saturated rings. The molecule has 30 heavy (non-hydrogen) atoms. The fourth-order valence-electron chi connectivity index (χ4n) is 3.40. The third-order valence-corrected chi connectivity index (χ3v) is 5.22. The van der Waals surface area contributed by atoms with Crippen molar-refractivity contribution in [3.63, 3.8) is 0 Å². The minimum absolute atomic E-state index is 0.476. The zero-order valence-electron chi connectivity index (χ0n) is 16.4. The Labute approximate surface area is 177 Å². The van der Waals surface area contributed by atoms with E-state index in [4.69, 9.17) is 16.3 Å². The predicted molar refractivity (Wildman–Crippen MR) is 115 cm³/mol. The maximum atomic E-state index is 9.23. The first-order valence-corrected chi connectivity index (χ1v) is 9.59. The van der Waals surface area contributed by atoms with Crippen molar-refractivity contribution in [2.75, 3.05) is 19.0 Å². The first kappa shape index (κ1) is 19.6. The summed E-state index contributed by atoms with van der Waals surface area (Å²) < 4.78 is 5.76. The van der Waals surface area contributed by atoms with Crippen molar-refractivity contribution in [2.24, 2.45) is 0 Å². The number of aromatic amines is 1. The molecule has 0 saturated heterocycles. The van der Waals surface area contributed by atoms with Crippen LogP contribution < -0.4 is 10.1 Å². The molecule has 150 valence electrons. The van der Waals surface area contributed by atoms with E-state index in [2.05, 4.69) is 36.3 Å². The average Bonchev–Trinajstić information content (AvgIpc) is 3.25. The van der Waals surface area contributed by atoms with Gasteiger partial charge in [-0.3, -0.25) is 4.98 Å². The van der Waals surface area contributed by atoms with Crippen molar-refractivity contribution in [1.29, 1.82) is 5.26 Å². The second-order valence-corrected chi connectivity index (χ2v) is 7.03. The molecule has 0 spiro atoms. The van der Waals surface area contributed by atoms with Crippen LogP contribution in [0.2, 0.25) is 5.02 Å². The van der Waals surface area contributed by atoms with Crippen molar-refractivity contribution in [1.82, 2.24) is 24.9 Å². The number of methoxy groups -OCH3 is 1. The molecule has 1 aromatic carbocycles. The van der Waals surface area contributed by atoms with Crippen LogP contribution in [-0.4, -0.2) is 38.6 Å². The molecular weight excluding hydrogens is 402 g/mol. The molecule has 3 aromatic heterocycles. The normalized spacial score (nSPS) is 10.7. The molecule has 4 rings (SSSR count). The number of anilines is 1. The minimum atomic E-state index is 0.476. The highest BCUT2D eigenvalue weighted by atomic mass is 35.5. The first-order valence-electron chi connectivity index (χ1n) is 9.21. The highest BCUT2D eigenvalue weighted by Crippen LogP contribution is 2.40. The Kier molecular flexibility index (Phi) is 5.46. The molecule has 0 atom stereocenters. The van der Waals surface area contributed by atoms with Gasteiger partial charge in [-0.1, -0.05) is 11.6 Å². The number of aromatic nitrogens is 5. The Morgan fingerprint density at radius 2 is 2.10 bits per heavy atom. The smallest absolute Gasteiger partial charge is 0.182 e. The summed E-state index contributed by atoms with van der Waals surface area (Å²) in [7, 11) is 1.63. The SMILES string of the molecule is COc1c(CCNc2ncnc3nc[nH]c23)cc(Cl)c(C)c1-c1cncc(C#N)c1. The van der Waals surface area contributed by atoms with E-state index in [0.29, 0.717) is 40.8 Å². The van der Waals surface area contributed by atoms with Gasteiger partial charge in [0.25, 0.3) is 0 Å². The van der Waals surface area contributed by atoms with Crippen molar-refractivity contribution in [3.8, 4) is 22.9 Å². The van der Waals surface area contributed by atoms with Crippen molar-refractivity contribution in [3.05, 3.63) is 58.9 Å². The zero-order chi connectivity index (χ0) is 21.1. The molecule has 4 aromatic rings. The van der Waals surface area contributed by atoms with Crippen LogP contribution in [0.1, 0.15) is 16.7 Å². The molecule has 0 aliphatic rings. The Hall–Kier alpha value is -3.70. The van der Waals surface area contributed by atoms with Crippen LogP contribution in [0, 0.1) is 18.3 Å². The van der Waals surface area contributed by atoms with E-state index in [0.717, 1.165) is 27.8 Å². The molecule has 0 unspecified atom stereocenters. The number of halogens is 1. The number of imidazole rings is 1. The molecule has 3 heterocycles. The summed E-state index contributed by atoms with van der Waals surface area (Å²) >= 11 is 6.54. The van der Waals surface area contributed by atoms with Gasteiger partial charge < -0.3 is 15.0 Å². The van der Waals surface area contributed by atoms with Gasteiger partial charge in [0.1, 0.15) is 23.7 Å². The van der Waals surface area contributed by atoms with E-state index >= 15 is 0 Å². The lowest BCUT2D eigenvalue weighted by Gasteiger charge is -2.18. The Morgan fingerprint density at radius 1 is 1.23 bits per heavy atom. The molecule has 0 aliphatic heterocycles. The average molecular weight is 420 g/mol. The maximum Gasteiger partial charge on any atom is 0.182 e. The van der Waals surface area contributed by atoms with Crippen molar-refractivity contribution >= 4 is 28.6 Å². The van der Waals surface area contributed by atoms with Crippen LogP contribution in [0.15, 0.2) is 37.2 Å². The van der Waals surface area contributed by atoms with Crippen molar-refractivity contribution < 1.29 is 4.74 Å². The molecule has 0 amide bonds. The van der Waals surface area contributed by atoms with Crippen LogP contribution in [0.4, 0.5) is 5.82 Å². The van der Waals surface area contributed by atoms with E-state index < -0.39 is 0 Å². The summed E-state index contributed by atoms with van der Waals surface area (Å²) in [5.74, 6) is 1.39. The minimum Gasteiger partial charge on any atom is -0.496 e. The number of nitriles is 1. The number of ether oxygens (including phenoxy) is 1. The number of nitrogens with one attached hydrogen (secondary N) is 2. The molecule has 9 heteroatoms. The molecule has 2 N–H and O–H groups in total. The van der Waals surface area contributed by atoms with Gasteiger partial charge in [0.15, 0.2) is 11.5 Å². The summed E-state index contributed by atoms with van der Waals surface area (Å²) in [5.41, 5.74) is 5.27. The van der Waals surface area contributed by atoms with E-state index in [1.54, 1.807) is 25.7 Å². The monoisotopic (exact) mass is 419 g/mol. The topological polar surface area (TPSA) is 112 Å². The number of benzene rings is 1. The second kappa shape index (κ2) is 8.35. The zero-order valence-corrected chi connectivity index (χ0v) is 17.2. The summed E-state index contributed by atoms with van der Waals surface area (Å²) in [6, 6.07) is 5.82. The van der Waals surface area contributed by atoms with Gasteiger partial charge >= 0.3 is 0 Å². The molecule has 8 nitrogen and oxygen atoms in total. The predicted octanol–water partition coefficient (Wildman–Crippen LogP) is 3.91. The summed E-state index contributed by atoms with van der Waals surface area (Å²) in [6.07, 6.45) is 6.94. The van der Waals surface area contributed by atoms with Gasteiger partial charge in [0.05, 0.1) is 19.0 Å². The van der Waals surface area contributed by atoms with E-state index in [1.165, 1.54) is 12.5 Å². The molecule has 0 radical (unpaired) electrons. The Balaban J connectivity index is 1.66. The van der Waals surface area contributed by atoms with Crippen molar-refractivity contribution in [2.45, 2.75) is 13.3 Å². The summed E-state index contributed by atoms with van der Waals surface area (Å²) in [4.78, 5) is 19.8. The quantitative estimate of drug-likeness (QED) is 0.487. The van der Waals surface area contributed by atoms with Gasteiger partial charge in [0.2, 0.25) is 0 Å². The number of pyridine rings is 1. The van der Waals surface area contributed by atoms with Crippen LogP contribution in [-0.2, 0) is 6.42 Å². The fraction of sp³-hybridized carbons (Fsp3) is 0.190. The highest BCUT2D eigenvalue weighted by molar-refractivity contribution is 6.32. The largest absolute Gasteiger partial charge is 0.496 e. The summed E-state index contributed by atoms with van der Waals surface area (Å²) in [5, 5.41) is 13.2. The fourth-order valence-corrected chi connectivity index (χ4v) is 3.62. The molecule has 0 bridgehead atoms. The van der Waals surface area contributed by atoms with Crippen LogP contribution in [0.5, 0.6) is 5.75 Å². The van der Waals surface area contributed by atoms with Gasteiger partial charge in [-0.05, 0) is 36.6 Å². The van der Waals surface area contributed by atoms with Crippen LogP contribution in [0.25, 0.3) is 22.3 Å². The third kappa shape index (κ3) is 3.63. The van der Waals surface area contributed by atoms with Crippen LogP contribution >= 0.6 is 11.6 Å². The molecule has 0 saturated carbocycles. The third-order valence-electron chi connectivity index (χ3n) is 4.82. The Bertz CT molecular complexity index is 1260. The molecular formula is C21H18ClN7O. The number of rotatable bonds is 6. The second-order valence-electron chi connectivity index (χ2n) is 6.63. The number of hydrogen-bond acceptors (Lipinski definition) is 7. The highest BCUT2D eigenvalue weighted by Gasteiger charge is 2.18. The number of hydrogen-bond donors (Lipinski definition) is 2. The van der Waals surface area contributed by atoms with Crippen LogP contribution in [0.3, 0.4) is 0 Å². The lowest BCUT2D eigenvalue weighted by Crippen LogP contribution is -2.09. The lowest BCUT2D eigenvalue weighted by molar-refractivity contribution is 0.411. The van der Waals surface area contributed by atoms with E-state index in [1.807, 2.05) is 13.0 Å².